The lowest BCUT2D eigenvalue weighted by molar-refractivity contribution is -0.192. The summed E-state index contributed by atoms with van der Waals surface area (Å²) in [7, 11) is -3.10. The Bertz CT molecular complexity index is 879. The summed E-state index contributed by atoms with van der Waals surface area (Å²) < 4.78 is 63.7. The maximum absolute atomic E-state index is 11.6. The summed E-state index contributed by atoms with van der Waals surface area (Å²) in [6.07, 6.45) is -3.19. The quantitative estimate of drug-likeness (QED) is 0.623. The smallest absolute Gasteiger partial charge is 0.475 e. The number of halogens is 3. The fourth-order valence-corrected chi connectivity index (χ4v) is 4.91. The van der Waals surface area contributed by atoms with E-state index in [1.54, 1.807) is 6.92 Å². The lowest BCUT2D eigenvalue weighted by Crippen LogP contribution is -2.64. The summed E-state index contributed by atoms with van der Waals surface area (Å²) in [5.41, 5.74) is 3.92. The number of aryl methyl sites for hydroxylation is 2. The Morgan fingerprint density at radius 2 is 1.81 bits per heavy atom. The standard InChI is InChI=1S/C19H30N2O3S.C2HF3O2/c1-4-25(22,23)20-7-5-18-6-8-24-19(18)13-21(14-19)12-17-10-15(2)9-16(3)11-17;3-2(4,5)1(6)7/h9-11,18,20H,4-8,12-14H2,1-3H3;(H,6,7). The van der Waals surface area contributed by atoms with E-state index in [1.165, 1.54) is 16.7 Å². The number of alkyl halides is 3. The van der Waals surface area contributed by atoms with Gasteiger partial charge in [-0.1, -0.05) is 29.3 Å². The van der Waals surface area contributed by atoms with Crippen molar-refractivity contribution < 1.29 is 36.2 Å². The second-order valence-electron chi connectivity index (χ2n) is 8.43. The van der Waals surface area contributed by atoms with Crippen LogP contribution in [0.2, 0.25) is 0 Å². The lowest BCUT2D eigenvalue weighted by atomic mass is 9.79. The Morgan fingerprint density at radius 1 is 1.25 bits per heavy atom. The molecule has 1 atom stereocenters. The summed E-state index contributed by atoms with van der Waals surface area (Å²) in [5, 5.41) is 7.12. The van der Waals surface area contributed by atoms with Gasteiger partial charge in [0.05, 0.1) is 11.4 Å². The molecule has 11 heteroatoms. The molecule has 2 aliphatic rings. The van der Waals surface area contributed by atoms with Gasteiger partial charge in [-0.15, -0.1) is 0 Å². The minimum absolute atomic E-state index is 0.0590. The predicted molar refractivity (Wildman–Crippen MR) is 114 cm³/mol. The van der Waals surface area contributed by atoms with E-state index < -0.39 is 22.2 Å². The summed E-state index contributed by atoms with van der Waals surface area (Å²) in [6.45, 7) is 10.1. The van der Waals surface area contributed by atoms with Crippen molar-refractivity contribution in [2.75, 3.05) is 32.0 Å². The molecule has 0 aromatic heterocycles. The Labute approximate surface area is 187 Å². The van der Waals surface area contributed by atoms with Crippen LogP contribution in [0, 0.1) is 19.8 Å². The highest BCUT2D eigenvalue weighted by molar-refractivity contribution is 7.89. The van der Waals surface area contributed by atoms with Crippen LogP contribution in [0.3, 0.4) is 0 Å². The van der Waals surface area contributed by atoms with Gasteiger partial charge in [-0.2, -0.15) is 13.2 Å². The summed E-state index contributed by atoms with van der Waals surface area (Å²) in [4.78, 5) is 11.3. The lowest BCUT2D eigenvalue weighted by Gasteiger charge is -2.50. The number of nitrogens with one attached hydrogen (secondary N) is 1. The average Bonchev–Trinajstić information content (AvgIpc) is 3.04. The second-order valence-corrected chi connectivity index (χ2v) is 10.5. The van der Waals surface area contributed by atoms with Crippen molar-refractivity contribution in [1.29, 1.82) is 0 Å². The van der Waals surface area contributed by atoms with Gasteiger partial charge in [0.15, 0.2) is 0 Å². The number of likely N-dealkylation sites (tertiary alicyclic amines) is 1. The van der Waals surface area contributed by atoms with Crippen molar-refractivity contribution in [1.82, 2.24) is 9.62 Å². The number of hydrogen-bond donors (Lipinski definition) is 2. The maximum Gasteiger partial charge on any atom is 0.490 e. The molecule has 0 aliphatic carbocycles. The number of carboxylic acids is 1. The molecule has 0 amide bonds. The van der Waals surface area contributed by atoms with Crippen LogP contribution in [0.1, 0.15) is 36.5 Å². The van der Waals surface area contributed by atoms with E-state index in [9.17, 15) is 21.6 Å². The van der Waals surface area contributed by atoms with Gasteiger partial charge < -0.3 is 9.84 Å². The van der Waals surface area contributed by atoms with E-state index >= 15 is 0 Å². The van der Waals surface area contributed by atoms with Crippen LogP contribution in [-0.4, -0.2) is 68.2 Å². The monoisotopic (exact) mass is 480 g/mol. The zero-order chi connectivity index (χ0) is 24.2. The third kappa shape index (κ3) is 7.43. The van der Waals surface area contributed by atoms with Crippen molar-refractivity contribution >= 4 is 16.0 Å². The van der Waals surface area contributed by atoms with E-state index in [0.29, 0.717) is 12.5 Å². The fourth-order valence-electron chi connectivity index (χ4n) is 4.27. The van der Waals surface area contributed by atoms with Crippen LogP contribution in [0.25, 0.3) is 0 Å². The Balaban J connectivity index is 0.000000451. The first kappa shape index (κ1) is 26.6. The number of aliphatic carboxylic acids is 1. The summed E-state index contributed by atoms with van der Waals surface area (Å²) >= 11 is 0. The minimum Gasteiger partial charge on any atom is -0.475 e. The number of sulfonamides is 1. The normalized spacial score (nSPS) is 20.5. The fraction of sp³-hybridized carbons (Fsp3) is 0.667. The van der Waals surface area contributed by atoms with Gasteiger partial charge in [-0.3, -0.25) is 4.90 Å². The predicted octanol–water partition coefficient (Wildman–Crippen LogP) is 2.86. The summed E-state index contributed by atoms with van der Waals surface area (Å²) in [5.74, 6) is -2.17. The molecule has 2 N–H and O–H groups in total. The SMILES string of the molecule is CCS(=O)(=O)NCCC1CCOC12CN(Cc1cc(C)cc(C)c1)C2.O=C(O)C(F)(F)F. The molecule has 0 radical (unpaired) electrons. The molecule has 1 aromatic carbocycles. The third-order valence-corrected chi connectivity index (χ3v) is 7.11. The van der Waals surface area contributed by atoms with E-state index in [-0.39, 0.29) is 11.4 Å². The van der Waals surface area contributed by atoms with Gasteiger partial charge in [-0.05, 0) is 45.1 Å². The van der Waals surface area contributed by atoms with Crippen LogP contribution in [0.4, 0.5) is 13.2 Å². The van der Waals surface area contributed by atoms with Gasteiger partial charge in [0.1, 0.15) is 0 Å². The topological polar surface area (TPSA) is 95.9 Å². The van der Waals surface area contributed by atoms with Crippen LogP contribution in [-0.2, 0) is 26.1 Å². The van der Waals surface area contributed by atoms with Crippen molar-refractivity contribution in [2.45, 2.75) is 51.9 Å². The molecule has 1 aromatic rings. The number of nitrogens with zero attached hydrogens (tertiary/aromatic N) is 1. The van der Waals surface area contributed by atoms with Gasteiger partial charge in [0, 0.05) is 32.8 Å². The van der Waals surface area contributed by atoms with Crippen molar-refractivity contribution in [2.24, 2.45) is 5.92 Å². The second kappa shape index (κ2) is 10.5. The van der Waals surface area contributed by atoms with Crippen molar-refractivity contribution in [3.8, 4) is 0 Å². The zero-order valence-corrected chi connectivity index (χ0v) is 19.4. The molecule has 2 saturated heterocycles. The molecular formula is C21H31F3N2O5S. The molecule has 2 aliphatic heterocycles. The van der Waals surface area contributed by atoms with Gasteiger partial charge in [-0.25, -0.2) is 17.9 Å². The Kier molecular flexibility index (Phi) is 8.71. The number of ether oxygens (including phenoxy) is 1. The van der Waals surface area contributed by atoms with Gasteiger partial charge in [0.25, 0.3) is 0 Å². The minimum atomic E-state index is -5.08. The molecule has 0 saturated carbocycles. The molecule has 2 heterocycles. The first-order chi connectivity index (χ1) is 14.8. The molecule has 0 bridgehead atoms. The largest absolute Gasteiger partial charge is 0.490 e. The Morgan fingerprint density at radius 3 is 2.31 bits per heavy atom. The van der Waals surface area contributed by atoms with E-state index in [2.05, 4.69) is 41.7 Å². The molecule has 1 spiro atoms. The molecule has 2 fully saturated rings. The number of benzene rings is 1. The van der Waals surface area contributed by atoms with Crippen molar-refractivity contribution in [3.63, 3.8) is 0 Å². The highest BCUT2D eigenvalue weighted by Crippen LogP contribution is 2.42. The highest BCUT2D eigenvalue weighted by Gasteiger charge is 2.52. The zero-order valence-electron chi connectivity index (χ0n) is 18.5. The average molecular weight is 481 g/mol. The van der Waals surface area contributed by atoms with Gasteiger partial charge in [0.2, 0.25) is 10.0 Å². The molecule has 32 heavy (non-hydrogen) atoms. The van der Waals surface area contributed by atoms with E-state index in [4.69, 9.17) is 14.6 Å². The maximum atomic E-state index is 11.6. The molecule has 7 nitrogen and oxygen atoms in total. The van der Waals surface area contributed by atoms with E-state index in [1.807, 2.05) is 0 Å². The molecule has 3 rings (SSSR count). The van der Waals surface area contributed by atoms with Crippen molar-refractivity contribution in [3.05, 3.63) is 34.9 Å². The Hall–Kier alpha value is -1.69. The molecule has 1 unspecified atom stereocenters. The first-order valence-electron chi connectivity index (χ1n) is 10.5. The van der Waals surface area contributed by atoms with Crippen LogP contribution >= 0.6 is 0 Å². The third-order valence-electron chi connectivity index (χ3n) is 5.71. The molecule has 182 valence electrons. The first-order valence-corrected chi connectivity index (χ1v) is 12.1. The van der Waals surface area contributed by atoms with Crippen LogP contribution < -0.4 is 4.72 Å². The van der Waals surface area contributed by atoms with Crippen LogP contribution in [0.15, 0.2) is 18.2 Å². The summed E-state index contributed by atoms with van der Waals surface area (Å²) in [6, 6.07) is 6.71. The highest BCUT2D eigenvalue weighted by atomic mass is 32.2. The van der Waals surface area contributed by atoms with E-state index in [0.717, 1.165) is 39.1 Å². The molecular weight excluding hydrogens is 449 g/mol. The van der Waals surface area contributed by atoms with Crippen LogP contribution in [0.5, 0.6) is 0 Å². The number of hydrogen-bond acceptors (Lipinski definition) is 5. The number of rotatable bonds is 7. The number of carbonyl (C=O) groups is 1. The number of carboxylic acid groups (broad SMARTS) is 1. The van der Waals surface area contributed by atoms with Gasteiger partial charge >= 0.3 is 12.1 Å².